The van der Waals surface area contributed by atoms with Gasteiger partial charge in [-0.1, -0.05) is 19.9 Å². The number of carbonyl (C=O) groups is 2. The minimum absolute atomic E-state index is 0.248. The molecule has 0 aliphatic rings. The van der Waals surface area contributed by atoms with Crippen LogP contribution in [0.1, 0.15) is 27.7 Å². The molecule has 0 saturated carbocycles. The Kier molecular flexibility index (Phi) is 5.67. The summed E-state index contributed by atoms with van der Waals surface area (Å²) in [6, 6.07) is 0. The van der Waals surface area contributed by atoms with Crippen LogP contribution in [0.15, 0.2) is 12.2 Å². The fraction of sp³-hybridized carbons (Fsp3) is 0.636. The van der Waals surface area contributed by atoms with Crippen LogP contribution in [0.5, 0.6) is 0 Å². The van der Waals surface area contributed by atoms with Crippen LogP contribution in [-0.2, 0) is 19.1 Å². The molecule has 0 saturated heterocycles. The molecule has 0 aliphatic carbocycles. The largest absolute Gasteiger partial charge is 0.465 e. The summed E-state index contributed by atoms with van der Waals surface area (Å²) in [5, 5.41) is 0. The van der Waals surface area contributed by atoms with Crippen molar-refractivity contribution in [2.45, 2.75) is 27.7 Å². The number of esters is 2. The molecule has 0 N–H and O–H groups in total. The molecule has 0 heterocycles. The van der Waals surface area contributed by atoms with Crippen molar-refractivity contribution in [3.63, 3.8) is 0 Å². The first kappa shape index (κ1) is 13.7. The Morgan fingerprint density at radius 1 is 1.27 bits per heavy atom. The first-order valence-corrected chi connectivity index (χ1v) is 4.87. The van der Waals surface area contributed by atoms with Gasteiger partial charge in [0.25, 0.3) is 0 Å². The van der Waals surface area contributed by atoms with Gasteiger partial charge < -0.3 is 9.47 Å². The smallest absolute Gasteiger partial charge is 0.330 e. The summed E-state index contributed by atoms with van der Waals surface area (Å²) in [4.78, 5) is 21.6. The Labute approximate surface area is 90.2 Å². The van der Waals surface area contributed by atoms with E-state index in [-0.39, 0.29) is 24.0 Å². The Morgan fingerprint density at radius 2 is 1.87 bits per heavy atom. The SMILES string of the molecule is CCOC(=O)/C=C/C(C)(C)COC(C)=O. The summed E-state index contributed by atoms with van der Waals surface area (Å²) in [6.07, 6.45) is 3.03. The maximum Gasteiger partial charge on any atom is 0.330 e. The molecule has 4 heteroatoms. The first-order chi connectivity index (χ1) is 6.87. The summed E-state index contributed by atoms with van der Waals surface area (Å²) in [6.45, 7) is 7.43. The number of carbonyl (C=O) groups excluding carboxylic acids is 2. The quantitative estimate of drug-likeness (QED) is 0.516. The van der Waals surface area contributed by atoms with Gasteiger partial charge in [-0.25, -0.2) is 4.79 Å². The van der Waals surface area contributed by atoms with Gasteiger partial charge in [-0.05, 0) is 6.92 Å². The molecule has 0 unspecified atom stereocenters. The fourth-order valence-electron chi connectivity index (χ4n) is 0.820. The van der Waals surface area contributed by atoms with Gasteiger partial charge >= 0.3 is 11.9 Å². The molecule has 0 radical (unpaired) electrons. The Hall–Kier alpha value is -1.32. The van der Waals surface area contributed by atoms with Crippen molar-refractivity contribution >= 4 is 11.9 Å². The molecule has 0 aliphatic heterocycles. The van der Waals surface area contributed by atoms with Crippen molar-refractivity contribution in [2.24, 2.45) is 5.41 Å². The van der Waals surface area contributed by atoms with Crippen molar-refractivity contribution in [3.8, 4) is 0 Å². The standard InChI is InChI=1S/C11H18O4/c1-5-14-10(13)6-7-11(3,4)8-15-9(2)12/h6-7H,5,8H2,1-4H3/b7-6+. The van der Waals surface area contributed by atoms with Gasteiger partial charge in [0, 0.05) is 18.4 Å². The summed E-state index contributed by atoms with van der Waals surface area (Å²) >= 11 is 0. The van der Waals surface area contributed by atoms with Gasteiger partial charge in [0.1, 0.15) is 0 Å². The Bertz CT molecular complexity index is 253. The van der Waals surface area contributed by atoms with Crippen molar-refractivity contribution in [3.05, 3.63) is 12.2 Å². The second-order valence-corrected chi connectivity index (χ2v) is 3.85. The fourth-order valence-corrected chi connectivity index (χ4v) is 0.820. The molecular weight excluding hydrogens is 196 g/mol. The van der Waals surface area contributed by atoms with Crippen LogP contribution in [0.2, 0.25) is 0 Å². The lowest BCUT2D eigenvalue weighted by Gasteiger charge is -2.18. The normalized spacial score (nSPS) is 11.5. The van der Waals surface area contributed by atoms with E-state index in [2.05, 4.69) is 0 Å². The summed E-state index contributed by atoms with van der Waals surface area (Å²) in [5.41, 5.74) is -0.363. The average molecular weight is 214 g/mol. The van der Waals surface area contributed by atoms with Crippen LogP contribution in [-0.4, -0.2) is 25.2 Å². The molecule has 0 amide bonds. The number of rotatable bonds is 5. The second kappa shape index (κ2) is 6.22. The number of hydrogen-bond donors (Lipinski definition) is 0. The number of ether oxygens (including phenoxy) is 2. The molecule has 4 nitrogen and oxygen atoms in total. The van der Waals surface area contributed by atoms with E-state index in [1.54, 1.807) is 13.0 Å². The lowest BCUT2D eigenvalue weighted by molar-refractivity contribution is -0.143. The van der Waals surface area contributed by atoms with E-state index in [4.69, 9.17) is 9.47 Å². The van der Waals surface area contributed by atoms with Crippen LogP contribution >= 0.6 is 0 Å². The van der Waals surface area contributed by atoms with Crippen molar-refractivity contribution in [2.75, 3.05) is 13.2 Å². The van der Waals surface area contributed by atoms with Gasteiger partial charge in [0.2, 0.25) is 0 Å². The third-order valence-electron chi connectivity index (χ3n) is 1.60. The molecule has 0 fully saturated rings. The molecule has 15 heavy (non-hydrogen) atoms. The minimum atomic E-state index is -0.381. The lowest BCUT2D eigenvalue weighted by atomic mass is 9.94. The highest BCUT2D eigenvalue weighted by Crippen LogP contribution is 2.17. The van der Waals surface area contributed by atoms with E-state index in [1.165, 1.54) is 13.0 Å². The van der Waals surface area contributed by atoms with Crippen LogP contribution in [0.4, 0.5) is 0 Å². The van der Waals surface area contributed by atoms with Gasteiger partial charge in [0.15, 0.2) is 0 Å². The van der Waals surface area contributed by atoms with E-state index >= 15 is 0 Å². The van der Waals surface area contributed by atoms with Gasteiger partial charge in [-0.2, -0.15) is 0 Å². The molecule has 0 rings (SSSR count). The third kappa shape index (κ3) is 7.73. The topological polar surface area (TPSA) is 52.6 Å². The molecule has 0 aromatic carbocycles. The Morgan fingerprint density at radius 3 is 2.33 bits per heavy atom. The van der Waals surface area contributed by atoms with Crippen LogP contribution in [0.3, 0.4) is 0 Å². The first-order valence-electron chi connectivity index (χ1n) is 4.87. The number of hydrogen-bond acceptors (Lipinski definition) is 4. The predicted molar refractivity (Wildman–Crippen MR) is 56.2 cm³/mol. The van der Waals surface area contributed by atoms with E-state index < -0.39 is 0 Å². The van der Waals surface area contributed by atoms with Crippen LogP contribution in [0.25, 0.3) is 0 Å². The lowest BCUT2D eigenvalue weighted by Crippen LogP contribution is -2.19. The van der Waals surface area contributed by atoms with E-state index in [9.17, 15) is 9.59 Å². The van der Waals surface area contributed by atoms with E-state index in [0.717, 1.165) is 0 Å². The summed E-state index contributed by atoms with van der Waals surface area (Å²) in [7, 11) is 0. The molecule has 86 valence electrons. The molecule has 0 aromatic heterocycles. The zero-order valence-corrected chi connectivity index (χ0v) is 9.70. The molecule has 0 atom stereocenters. The summed E-state index contributed by atoms with van der Waals surface area (Å²) in [5.74, 6) is -0.707. The maximum absolute atomic E-state index is 11.0. The predicted octanol–water partition coefficient (Wildman–Crippen LogP) is 1.70. The molecule has 0 aromatic rings. The van der Waals surface area contributed by atoms with Crippen LogP contribution < -0.4 is 0 Å². The molecule has 0 spiro atoms. The molecule has 0 bridgehead atoms. The van der Waals surface area contributed by atoms with Crippen molar-refractivity contribution in [1.29, 1.82) is 0 Å². The van der Waals surface area contributed by atoms with E-state index in [1.807, 2.05) is 13.8 Å². The highest BCUT2D eigenvalue weighted by Gasteiger charge is 2.16. The van der Waals surface area contributed by atoms with Gasteiger partial charge in [0.05, 0.1) is 13.2 Å². The minimum Gasteiger partial charge on any atom is -0.465 e. The monoisotopic (exact) mass is 214 g/mol. The van der Waals surface area contributed by atoms with Crippen molar-refractivity contribution < 1.29 is 19.1 Å². The zero-order chi connectivity index (χ0) is 11.9. The van der Waals surface area contributed by atoms with Crippen molar-refractivity contribution in [1.82, 2.24) is 0 Å². The highest BCUT2D eigenvalue weighted by molar-refractivity contribution is 5.82. The maximum atomic E-state index is 11.0. The average Bonchev–Trinajstić information content (AvgIpc) is 2.13. The molecular formula is C11H18O4. The van der Waals surface area contributed by atoms with Gasteiger partial charge in [-0.3, -0.25) is 4.79 Å². The van der Waals surface area contributed by atoms with Crippen LogP contribution in [0, 0.1) is 5.41 Å². The third-order valence-corrected chi connectivity index (χ3v) is 1.60. The van der Waals surface area contributed by atoms with Gasteiger partial charge in [-0.15, -0.1) is 0 Å². The zero-order valence-electron chi connectivity index (χ0n) is 9.70. The van der Waals surface area contributed by atoms with E-state index in [0.29, 0.717) is 6.61 Å². The Balaban J connectivity index is 4.11. The second-order valence-electron chi connectivity index (χ2n) is 3.85. The summed E-state index contributed by atoms with van der Waals surface area (Å²) < 4.78 is 9.59. The highest BCUT2D eigenvalue weighted by atomic mass is 16.5.